The lowest BCUT2D eigenvalue weighted by Crippen LogP contribution is -2.52. The molecule has 0 fully saturated rings. The first-order valence-electron chi connectivity index (χ1n) is 10.1. The van der Waals surface area contributed by atoms with Crippen molar-refractivity contribution in [2.75, 3.05) is 18.5 Å². The summed E-state index contributed by atoms with van der Waals surface area (Å²) in [6, 6.07) is 14.7. The Balaban J connectivity index is 0.00000320. The normalized spacial score (nSPS) is 16.1. The Bertz CT molecular complexity index is 857. The molecular weight excluding hydrogens is 402 g/mol. The van der Waals surface area contributed by atoms with Crippen molar-refractivity contribution < 1.29 is 14.3 Å². The highest BCUT2D eigenvalue weighted by molar-refractivity contribution is 5.98. The van der Waals surface area contributed by atoms with Crippen molar-refractivity contribution in [2.45, 2.75) is 39.3 Å². The van der Waals surface area contributed by atoms with Gasteiger partial charge in [0.25, 0.3) is 0 Å². The van der Waals surface area contributed by atoms with Gasteiger partial charge >= 0.3 is 0 Å². The number of nitrogens with one attached hydrogen (secondary N) is 1. The highest BCUT2D eigenvalue weighted by Gasteiger charge is 2.35. The van der Waals surface area contributed by atoms with Gasteiger partial charge in [-0.1, -0.05) is 38.1 Å². The van der Waals surface area contributed by atoms with Gasteiger partial charge in [0, 0.05) is 31.1 Å². The zero-order valence-electron chi connectivity index (χ0n) is 17.5. The van der Waals surface area contributed by atoms with E-state index < -0.39 is 6.04 Å². The topological polar surface area (TPSA) is 84.7 Å². The van der Waals surface area contributed by atoms with Crippen LogP contribution in [0.25, 0.3) is 0 Å². The predicted molar refractivity (Wildman–Crippen MR) is 121 cm³/mol. The summed E-state index contributed by atoms with van der Waals surface area (Å²) in [4.78, 5) is 27.8. The molecule has 7 heteroatoms. The number of halogens is 1. The van der Waals surface area contributed by atoms with E-state index in [0.717, 1.165) is 17.5 Å². The van der Waals surface area contributed by atoms with Crippen LogP contribution in [-0.4, -0.2) is 35.9 Å². The molecule has 2 aromatic carbocycles. The number of fused-ring (bicyclic) bond motifs is 1. The lowest BCUT2D eigenvalue weighted by molar-refractivity contribution is -0.143. The Morgan fingerprint density at radius 3 is 2.47 bits per heavy atom. The fourth-order valence-corrected chi connectivity index (χ4v) is 3.48. The summed E-state index contributed by atoms with van der Waals surface area (Å²) in [5.74, 6) is 0.433. The number of nitrogens with two attached hydrogens (primary N) is 1. The number of ether oxygens (including phenoxy) is 1. The van der Waals surface area contributed by atoms with E-state index in [4.69, 9.17) is 10.5 Å². The predicted octanol–water partition coefficient (Wildman–Crippen LogP) is 3.38. The highest BCUT2D eigenvalue weighted by Crippen LogP contribution is 2.26. The summed E-state index contributed by atoms with van der Waals surface area (Å²) in [7, 11) is 0. The zero-order valence-corrected chi connectivity index (χ0v) is 18.3. The maximum absolute atomic E-state index is 13.1. The number of amides is 2. The van der Waals surface area contributed by atoms with Crippen molar-refractivity contribution in [3.63, 3.8) is 0 Å². The molecule has 0 aromatic heterocycles. The van der Waals surface area contributed by atoms with Crippen LogP contribution in [-0.2, 0) is 22.6 Å². The molecule has 1 heterocycles. The van der Waals surface area contributed by atoms with Gasteiger partial charge in [0.15, 0.2) is 0 Å². The molecule has 0 saturated carbocycles. The molecule has 2 aromatic rings. The largest absolute Gasteiger partial charge is 0.492 e. The van der Waals surface area contributed by atoms with E-state index in [9.17, 15) is 9.59 Å². The van der Waals surface area contributed by atoms with Crippen molar-refractivity contribution in [3.05, 3.63) is 59.7 Å². The van der Waals surface area contributed by atoms with Crippen LogP contribution < -0.4 is 15.8 Å². The van der Waals surface area contributed by atoms with Gasteiger partial charge < -0.3 is 20.7 Å². The van der Waals surface area contributed by atoms with E-state index in [0.29, 0.717) is 37.6 Å². The molecule has 162 valence electrons. The van der Waals surface area contributed by atoms with Gasteiger partial charge in [0.1, 0.15) is 18.4 Å². The number of benzene rings is 2. The Morgan fingerprint density at radius 1 is 1.17 bits per heavy atom. The summed E-state index contributed by atoms with van der Waals surface area (Å²) in [6.45, 7) is 5.26. The maximum Gasteiger partial charge on any atom is 0.247 e. The Hall–Kier alpha value is -2.57. The molecule has 0 aliphatic carbocycles. The number of carbonyl (C=O) groups excluding carboxylic acids is 2. The van der Waals surface area contributed by atoms with Crippen LogP contribution in [0.15, 0.2) is 48.5 Å². The summed E-state index contributed by atoms with van der Waals surface area (Å²) >= 11 is 0. The maximum atomic E-state index is 13.1. The van der Waals surface area contributed by atoms with Crippen molar-refractivity contribution in [2.24, 2.45) is 11.7 Å². The van der Waals surface area contributed by atoms with Crippen molar-refractivity contribution in [1.82, 2.24) is 4.90 Å². The van der Waals surface area contributed by atoms with E-state index in [1.807, 2.05) is 38.1 Å². The second-order valence-electron chi connectivity index (χ2n) is 7.41. The van der Waals surface area contributed by atoms with Crippen LogP contribution in [0.2, 0.25) is 0 Å². The SMILES string of the molecule is CCC(C)C(=O)N1Cc2ccccc2CC1C(=O)Nc1ccc(OCCN)cc1.Cl. The number of hydrogen-bond acceptors (Lipinski definition) is 4. The van der Waals surface area contributed by atoms with E-state index in [1.54, 1.807) is 29.2 Å². The minimum Gasteiger partial charge on any atom is -0.492 e. The molecule has 1 aliphatic rings. The van der Waals surface area contributed by atoms with Crippen molar-refractivity contribution >= 4 is 29.9 Å². The molecule has 2 unspecified atom stereocenters. The van der Waals surface area contributed by atoms with Crippen LogP contribution in [0.5, 0.6) is 5.75 Å². The second-order valence-corrected chi connectivity index (χ2v) is 7.41. The van der Waals surface area contributed by atoms with Gasteiger partial charge in [0.2, 0.25) is 11.8 Å². The Labute approximate surface area is 184 Å². The van der Waals surface area contributed by atoms with Crippen LogP contribution in [0, 0.1) is 5.92 Å². The quantitative estimate of drug-likeness (QED) is 0.703. The van der Waals surface area contributed by atoms with Crippen molar-refractivity contribution in [1.29, 1.82) is 0 Å². The van der Waals surface area contributed by atoms with E-state index in [-0.39, 0.29) is 30.1 Å². The molecule has 0 saturated heterocycles. The highest BCUT2D eigenvalue weighted by atomic mass is 35.5. The van der Waals surface area contributed by atoms with Gasteiger partial charge in [-0.15, -0.1) is 12.4 Å². The van der Waals surface area contributed by atoms with E-state index in [1.165, 1.54) is 0 Å². The minimum absolute atomic E-state index is 0. The first-order valence-corrected chi connectivity index (χ1v) is 10.1. The van der Waals surface area contributed by atoms with Gasteiger partial charge in [-0.25, -0.2) is 0 Å². The third kappa shape index (κ3) is 5.52. The average molecular weight is 432 g/mol. The summed E-state index contributed by atoms with van der Waals surface area (Å²) < 4.78 is 5.47. The second kappa shape index (κ2) is 11.0. The lowest BCUT2D eigenvalue weighted by Gasteiger charge is -2.37. The molecule has 2 atom stereocenters. The average Bonchev–Trinajstić information content (AvgIpc) is 2.76. The zero-order chi connectivity index (χ0) is 20.8. The number of anilines is 1. The van der Waals surface area contributed by atoms with Crippen molar-refractivity contribution in [3.8, 4) is 5.75 Å². The molecule has 1 aliphatic heterocycles. The number of rotatable bonds is 7. The first kappa shape index (κ1) is 23.7. The monoisotopic (exact) mass is 431 g/mol. The molecule has 3 rings (SSSR count). The van der Waals surface area contributed by atoms with Crippen LogP contribution >= 0.6 is 12.4 Å². The molecular formula is C23H30ClN3O3. The van der Waals surface area contributed by atoms with E-state index in [2.05, 4.69) is 5.32 Å². The minimum atomic E-state index is -0.528. The third-order valence-electron chi connectivity index (χ3n) is 5.38. The van der Waals surface area contributed by atoms with Crippen LogP contribution in [0.1, 0.15) is 31.4 Å². The first-order chi connectivity index (χ1) is 14.0. The number of nitrogens with zero attached hydrogens (tertiary/aromatic N) is 1. The molecule has 30 heavy (non-hydrogen) atoms. The Kier molecular flexibility index (Phi) is 8.69. The van der Waals surface area contributed by atoms with Gasteiger partial charge in [-0.2, -0.15) is 0 Å². The van der Waals surface area contributed by atoms with E-state index >= 15 is 0 Å². The van der Waals surface area contributed by atoms with Gasteiger partial charge in [-0.3, -0.25) is 9.59 Å². The molecule has 2 amide bonds. The molecule has 3 N–H and O–H groups in total. The molecule has 0 spiro atoms. The summed E-state index contributed by atoms with van der Waals surface area (Å²) in [6.07, 6.45) is 1.26. The molecule has 6 nitrogen and oxygen atoms in total. The smallest absolute Gasteiger partial charge is 0.247 e. The van der Waals surface area contributed by atoms with Gasteiger partial charge in [0.05, 0.1) is 0 Å². The lowest BCUT2D eigenvalue weighted by atomic mass is 9.92. The summed E-state index contributed by atoms with van der Waals surface area (Å²) in [5.41, 5.74) is 8.34. The fourth-order valence-electron chi connectivity index (χ4n) is 3.48. The fraction of sp³-hybridized carbons (Fsp3) is 0.391. The summed E-state index contributed by atoms with van der Waals surface area (Å²) in [5, 5.41) is 2.95. The van der Waals surface area contributed by atoms with Gasteiger partial charge in [-0.05, 0) is 41.8 Å². The van der Waals surface area contributed by atoms with Crippen LogP contribution in [0.3, 0.4) is 0 Å². The Morgan fingerprint density at radius 2 is 1.83 bits per heavy atom. The van der Waals surface area contributed by atoms with Crippen LogP contribution in [0.4, 0.5) is 5.69 Å². The standard InChI is InChI=1S/C23H29N3O3.ClH/c1-3-16(2)23(28)26-15-18-7-5-4-6-17(18)14-21(26)22(27)25-19-8-10-20(11-9-19)29-13-12-24;/h4-11,16,21H,3,12-15,24H2,1-2H3,(H,25,27);1H. The molecule has 0 radical (unpaired) electrons. The number of hydrogen-bond donors (Lipinski definition) is 2. The third-order valence-corrected chi connectivity index (χ3v) is 5.38. The molecule has 0 bridgehead atoms. The number of carbonyl (C=O) groups is 2.